The Morgan fingerprint density at radius 3 is 2.54 bits per heavy atom. The number of allylic oxidation sites excluding steroid dienone is 1. The van der Waals surface area contributed by atoms with Crippen LogP contribution in [0.2, 0.25) is 0 Å². The maximum atomic E-state index is 12.8. The lowest BCUT2D eigenvalue weighted by Crippen LogP contribution is -2.46. The maximum absolute atomic E-state index is 12.8. The number of esters is 2. The molecular formula is C20H22N2O5S. The zero-order chi connectivity index (χ0) is 20.4. The number of rotatable bonds is 4. The summed E-state index contributed by atoms with van der Waals surface area (Å²) in [5.41, 5.74) is 1.59. The molecule has 0 spiro atoms. The van der Waals surface area contributed by atoms with Crippen LogP contribution >= 0.6 is 11.8 Å². The van der Waals surface area contributed by atoms with Gasteiger partial charge >= 0.3 is 11.9 Å². The fourth-order valence-electron chi connectivity index (χ4n) is 3.13. The van der Waals surface area contributed by atoms with E-state index in [2.05, 4.69) is 4.99 Å². The molecule has 0 bridgehead atoms. The average Bonchev–Trinajstić information content (AvgIpc) is 2.60. The van der Waals surface area contributed by atoms with Crippen LogP contribution in [-0.4, -0.2) is 39.8 Å². The number of hydrogen-bond acceptors (Lipinski definition) is 7. The lowest BCUT2D eigenvalue weighted by Gasteiger charge is -2.39. The fraction of sp³-hybridized carbons (Fsp3) is 0.400. The predicted octanol–water partition coefficient (Wildman–Crippen LogP) is 3.21. The lowest BCUT2D eigenvalue weighted by atomic mass is 9.94. The highest BCUT2D eigenvalue weighted by Gasteiger charge is 2.41. The zero-order valence-corrected chi connectivity index (χ0v) is 17.0. The number of aliphatic imine (C=N–C) groups is 1. The van der Waals surface area contributed by atoms with Crippen LogP contribution in [0.25, 0.3) is 0 Å². The number of fused-ring (bicyclic) bond motifs is 1. The monoisotopic (exact) mass is 402 g/mol. The minimum absolute atomic E-state index is 0.0890. The van der Waals surface area contributed by atoms with E-state index in [1.807, 2.05) is 0 Å². The van der Waals surface area contributed by atoms with Gasteiger partial charge in [0, 0.05) is 19.1 Å². The first kappa shape index (κ1) is 20.1. The van der Waals surface area contributed by atoms with Crippen LogP contribution < -0.4 is 4.74 Å². The Labute approximate surface area is 167 Å². The summed E-state index contributed by atoms with van der Waals surface area (Å²) in [4.78, 5) is 42.8. The van der Waals surface area contributed by atoms with E-state index >= 15 is 0 Å². The number of hydrogen-bond donors (Lipinski definition) is 0. The number of carbonyl (C=O) groups is 3. The summed E-state index contributed by atoms with van der Waals surface area (Å²) in [6.07, 6.45) is 0.0775. The van der Waals surface area contributed by atoms with Crippen molar-refractivity contribution in [2.24, 2.45) is 4.99 Å². The van der Waals surface area contributed by atoms with Crippen LogP contribution in [0.15, 0.2) is 40.5 Å². The quantitative estimate of drug-likeness (QED) is 0.568. The smallest absolute Gasteiger partial charge is 0.338 e. The molecule has 1 fully saturated rings. The molecule has 1 unspecified atom stereocenters. The number of thioether (sulfide) groups is 1. The molecule has 1 aromatic carbocycles. The van der Waals surface area contributed by atoms with Crippen LogP contribution in [0.3, 0.4) is 0 Å². The van der Waals surface area contributed by atoms with E-state index < -0.39 is 18.0 Å². The Hall–Kier alpha value is -2.61. The maximum Gasteiger partial charge on any atom is 0.338 e. The van der Waals surface area contributed by atoms with Crippen LogP contribution in [0.4, 0.5) is 0 Å². The summed E-state index contributed by atoms with van der Waals surface area (Å²) in [6, 6.07) is 6.14. The number of ether oxygens (including phenoxy) is 2. The van der Waals surface area contributed by atoms with E-state index in [0.29, 0.717) is 39.9 Å². The minimum atomic E-state index is -0.634. The molecular weight excluding hydrogens is 380 g/mol. The Balaban J connectivity index is 2.06. The van der Waals surface area contributed by atoms with Gasteiger partial charge in [0.1, 0.15) is 5.75 Å². The highest BCUT2D eigenvalue weighted by atomic mass is 32.2. The molecule has 2 aliphatic rings. The van der Waals surface area contributed by atoms with E-state index in [9.17, 15) is 14.4 Å². The Kier molecular flexibility index (Phi) is 5.88. The molecule has 28 heavy (non-hydrogen) atoms. The molecule has 2 heterocycles. The van der Waals surface area contributed by atoms with Crippen LogP contribution in [0.1, 0.15) is 45.7 Å². The first-order chi connectivity index (χ1) is 13.3. The van der Waals surface area contributed by atoms with Crippen LogP contribution in [0.5, 0.6) is 5.75 Å². The molecule has 7 nitrogen and oxygen atoms in total. The third kappa shape index (κ3) is 4.11. The van der Waals surface area contributed by atoms with E-state index in [1.165, 1.54) is 18.7 Å². The minimum Gasteiger partial charge on any atom is -0.459 e. The number of amidine groups is 1. The highest BCUT2D eigenvalue weighted by molar-refractivity contribution is 8.14. The second-order valence-corrected chi connectivity index (χ2v) is 7.84. The van der Waals surface area contributed by atoms with Crippen molar-refractivity contribution in [3.8, 4) is 5.75 Å². The van der Waals surface area contributed by atoms with Gasteiger partial charge in [-0.15, -0.1) is 0 Å². The largest absolute Gasteiger partial charge is 0.459 e. The van der Waals surface area contributed by atoms with Crippen molar-refractivity contribution in [2.75, 3.05) is 5.75 Å². The van der Waals surface area contributed by atoms with E-state index in [0.717, 1.165) is 0 Å². The van der Waals surface area contributed by atoms with E-state index in [-0.39, 0.29) is 12.0 Å². The molecule has 1 atom stereocenters. The molecule has 0 aromatic heterocycles. The summed E-state index contributed by atoms with van der Waals surface area (Å²) in [5, 5.41) is 0.587. The van der Waals surface area contributed by atoms with Gasteiger partial charge in [-0.1, -0.05) is 23.9 Å². The second-order valence-electron chi connectivity index (χ2n) is 6.77. The molecule has 3 rings (SSSR count). The van der Waals surface area contributed by atoms with Crippen molar-refractivity contribution >= 4 is 34.8 Å². The molecule has 148 valence electrons. The number of nitrogens with zero attached hydrogens (tertiary/aromatic N) is 2. The van der Waals surface area contributed by atoms with Gasteiger partial charge in [0.25, 0.3) is 0 Å². The van der Waals surface area contributed by atoms with Gasteiger partial charge in [0.05, 0.1) is 23.4 Å². The normalized spacial score (nSPS) is 19.3. The van der Waals surface area contributed by atoms with Gasteiger partial charge in [0.2, 0.25) is 5.91 Å². The topological polar surface area (TPSA) is 85.3 Å². The van der Waals surface area contributed by atoms with Crippen LogP contribution in [-0.2, 0) is 19.1 Å². The Bertz CT molecular complexity index is 873. The van der Waals surface area contributed by atoms with Gasteiger partial charge in [0.15, 0.2) is 5.17 Å². The standard InChI is InChI=1S/C20H22N2O5S/c1-11(2)26-19(25)17-12(3)21-20-22(16(24)9-10-28-20)18(17)14-5-7-15(8-6-14)27-13(4)23/h5-8,11,18H,9-10H2,1-4H3. The number of carbonyl (C=O) groups excluding carboxylic acids is 3. The molecule has 8 heteroatoms. The van der Waals surface area contributed by atoms with Crippen molar-refractivity contribution in [3.63, 3.8) is 0 Å². The SMILES string of the molecule is CC(=O)Oc1ccc(C2C(C(=O)OC(C)C)=C(C)N=C3SCCC(=O)N32)cc1. The summed E-state index contributed by atoms with van der Waals surface area (Å²) >= 11 is 1.49. The number of amides is 1. The van der Waals surface area contributed by atoms with Gasteiger partial charge in [-0.05, 0) is 38.5 Å². The molecule has 0 saturated carbocycles. The highest BCUT2D eigenvalue weighted by Crippen LogP contribution is 2.40. The molecule has 0 N–H and O–H groups in total. The third-order valence-corrected chi connectivity index (χ3v) is 5.18. The zero-order valence-electron chi connectivity index (χ0n) is 16.2. The summed E-state index contributed by atoms with van der Waals surface area (Å²) < 4.78 is 10.5. The third-order valence-electron chi connectivity index (χ3n) is 4.23. The molecule has 1 amide bonds. The summed E-state index contributed by atoms with van der Waals surface area (Å²) in [6.45, 7) is 6.63. The molecule has 0 radical (unpaired) electrons. The van der Waals surface area contributed by atoms with E-state index in [4.69, 9.17) is 9.47 Å². The first-order valence-electron chi connectivity index (χ1n) is 9.01. The molecule has 1 saturated heterocycles. The van der Waals surface area contributed by atoms with Crippen molar-refractivity contribution in [1.29, 1.82) is 0 Å². The fourth-order valence-corrected chi connectivity index (χ4v) is 4.14. The van der Waals surface area contributed by atoms with Crippen LogP contribution in [0, 0.1) is 0 Å². The molecule has 1 aromatic rings. The summed E-state index contributed by atoms with van der Waals surface area (Å²) in [5.74, 6) is 0.0547. The van der Waals surface area contributed by atoms with Crippen molar-refractivity contribution in [2.45, 2.75) is 46.3 Å². The predicted molar refractivity (Wildman–Crippen MR) is 106 cm³/mol. The number of benzene rings is 1. The van der Waals surface area contributed by atoms with Crippen molar-refractivity contribution in [1.82, 2.24) is 4.90 Å². The van der Waals surface area contributed by atoms with Gasteiger partial charge in [-0.3, -0.25) is 14.5 Å². The Morgan fingerprint density at radius 2 is 1.93 bits per heavy atom. The van der Waals surface area contributed by atoms with Gasteiger partial charge in [-0.25, -0.2) is 9.79 Å². The van der Waals surface area contributed by atoms with Crippen molar-refractivity contribution < 1.29 is 23.9 Å². The van der Waals surface area contributed by atoms with Gasteiger partial charge < -0.3 is 9.47 Å². The van der Waals surface area contributed by atoms with E-state index in [1.54, 1.807) is 49.9 Å². The lowest BCUT2D eigenvalue weighted by molar-refractivity contribution is -0.143. The van der Waals surface area contributed by atoms with Crippen molar-refractivity contribution in [3.05, 3.63) is 41.1 Å². The second kappa shape index (κ2) is 8.18. The first-order valence-corrected chi connectivity index (χ1v) is 10.00. The Morgan fingerprint density at radius 1 is 1.25 bits per heavy atom. The molecule has 2 aliphatic heterocycles. The van der Waals surface area contributed by atoms with Gasteiger partial charge in [-0.2, -0.15) is 0 Å². The molecule has 0 aliphatic carbocycles. The summed E-state index contributed by atoms with van der Waals surface area (Å²) in [7, 11) is 0. The average molecular weight is 402 g/mol.